The molecule has 4 aromatic rings. The van der Waals surface area contributed by atoms with Crippen LogP contribution in [-0.4, -0.2) is 42.5 Å². The highest BCUT2D eigenvalue weighted by Crippen LogP contribution is 2.52. The van der Waals surface area contributed by atoms with Gasteiger partial charge in [-0.25, -0.2) is 13.4 Å². The molecule has 2 atom stereocenters. The third-order valence-corrected chi connectivity index (χ3v) is 8.27. The second-order valence-electron chi connectivity index (χ2n) is 9.73. The first-order valence-corrected chi connectivity index (χ1v) is 13.0. The summed E-state index contributed by atoms with van der Waals surface area (Å²) in [7, 11) is 0. The van der Waals surface area contributed by atoms with Crippen molar-refractivity contribution in [1.82, 2.24) is 24.3 Å². The zero-order valence-electron chi connectivity index (χ0n) is 20.7. The fraction of sp³-hybridized carbons (Fsp3) is 0.296. The van der Waals surface area contributed by atoms with Gasteiger partial charge in [0, 0.05) is 30.3 Å². The topological polar surface area (TPSA) is 80.2 Å². The number of halogens is 4. The summed E-state index contributed by atoms with van der Waals surface area (Å²) in [5.41, 5.74) is 1.90. The molecule has 7 nitrogen and oxygen atoms in total. The first-order valence-electron chi connectivity index (χ1n) is 12.2. The molecule has 2 aliphatic rings. The molecule has 39 heavy (non-hydrogen) atoms. The number of alkyl halides is 3. The minimum Gasteiger partial charge on any atom is -0.423 e. The predicted molar refractivity (Wildman–Crippen MR) is 135 cm³/mol. The minimum atomic E-state index is -4.40. The maximum Gasteiger partial charge on any atom is 0.416 e. The van der Waals surface area contributed by atoms with Gasteiger partial charge in [0.15, 0.2) is 0 Å². The number of aliphatic hydroxyl groups is 1. The molecule has 1 aliphatic carbocycles. The Morgan fingerprint density at radius 2 is 1.82 bits per heavy atom. The lowest BCUT2D eigenvalue weighted by molar-refractivity contribution is -0.137. The van der Waals surface area contributed by atoms with Crippen molar-refractivity contribution >= 4 is 18.0 Å². The number of aryl methyl sites for hydroxylation is 1. The van der Waals surface area contributed by atoms with Crippen molar-refractivity contribution in [3.05, 3.63) is 94.7 Å². The van der Waals surface area contributed by atoms with E-state index in [1.54, 1.807) is 29.9 Å². The highest BCUT2D eigenvalue weighted by Gasteiger charge is 2.50. The van der Waals surface area contributed by atoms with Gasteiger partial charge in [-0.1, -0.05) is 5.57 Å². The lowest BCUT2D eigenvalue weighted by atomic mass is 9.65. The van der Waals surface area contributed by atoms with Crippen LogP contribution in [0.4, 0.5) is 17.6 Å². The Bertz CT molecular complexity index is 1530. The molecule has 3 heterocycles. The Morgan fingerprint density at radius 3 is 2.49 bits per heavy atom. The standard InChI is InChI=1S/C27H23F4N5O2S/c1-16-33-34-25(38-16)24(37)26-13-17-14-32-36(21-6-4-20(28)5-7-21)23(17)12-19(26)10-11-35(15-26)39-22-8-2-18(3-9-22)27(29,30)31/h2-9,12,14,24,37H,10-11,13,15H2,1H3. The second-order valence-corrected chi connectivity index (χ2v) is 10.9. The van der Waals surface area contributed by atoms with Gasteiger partial charge in [-0.3, -0.25) is 0 Å². The Labute approximate surface area is 225 Å². The molecular formula is C27H23F4N5O2S. The Hall–Kier alpha value is -3.48. The Kier molecular flexibility index (Phi) is 6.35. The summed E-state index contributed by atoms with van der Waals surface area (Å²) in [6.45, 7) is 2.64. The molecule has 6 rings (SSSR count). The summed E-state index contributed by atoms with van der Waals surface area (Å²) in [6, 6.07) is 11.1. The summed E-state index contributed by atoms with van der Waals surface area (Å²) in [4.78, 5) is 0.661. The second kappa shape index (κ2) is 9.61. The van der Waals surface area contributed by atoms with Crippen molar-refractivity contribution in [2.45, 2.75) is 36.9 Å². The molecule has 1 aliphatic heterocycles. The number of hydrogen-bond donors (Lipinski definition) is 1. The fourth-order valence-corrected chi connectivity index (χ4v) is 6.33. The van der Waals surface area contributed by atoms with Crippen molar-refractivity contribution in [3.8, 4) is 5.69 Å². The third kappa shape index (κ3) is 4.77. The molecule has 0 spiro atoms. The van der Waals surface area contributed by atoms with E-state index in [2.05, 4.69) is 15.3 Å². The summed E-state index contributed by atoms with van der Waals surface area (Å²) < 4.78 is 62.0. The molecule has 0 saturated carbocycles. The van der Waals surface area contributed by atoms with Crippen molar-refractivity contribution < 1.29 is 27.1 Å². The van der Waals surface area contributed by atoms with Crippen LogP contribution in [-0.2, 0) is 12.6 Å². The van der Waals surface area contributed by atoms with Crippen LogP contribution < -0.4 is 0 Å². The van der Waals surface area contributed by atoms with Gasteiger partial charge in [-0.15, -0.1) is 10.2 Å². The number of piperidine rings is 1. The summed E-state index contributed by atoms with van der Waals surface area (Å²) >= 11 is 1.35. The summed E-state index contributed by atoms with van der Waals surface area (Å²) in [6.07, 6.45) is -0.761. The van der Waals surface area contributed by atoms with E-state index in [1.165, 1.54) is 36.2 Å². The monoisotopic (exact) mass is 557 g/mol. The van der Waals surface area contributed by atoms with Crippen LogP contribution in [0.15, 0.2) is 69.6 Å². The average molecular weight is 558 g/mol. The van der Waals surface area contributed by atoms with E-state index in [-0.39, 0.29) is 11.7 Å². The van der Waals surface area contributed by atoms with Crippen LogP contribution in [0.2, 0.25) is 0 Å². The highest BCUT2D eigenvalue weighted by atomic mass is 32.2. The maximum absolute atomic E-state index is 13.5. The lowest BCUT2D eigenvalue weighted by Gasteiger charge is -2.47. The number of rotatable bonds is 5. The van der Waals surface area contributed by atoms with Crippen LogP contribution in [0.25, 0.3) is 11.8 Å². The van der Waals surface area contributed by atoms with Crippen molar-refractivity contribution in [2.75, 3.05) is 13.1 Å². The minimum absolute atomic E-state index is 0.106. The first-order chi connectivity index (χ1) is 18.6. The van der Waals surface area contributed by atoms with Crippen LogP contribution in [0.3, 0.4) is 0 Å². The van der Waals surface area contributed by atoms with Crippen LogP contribution >= 0.6 is 11.9 Å². The molecule has 2 aromatic heterocycles. The predicted octanol–water partition coefficient (Wildman–Crippen LogP) is 5.79. The SMILES string of the molecule is Cc1nnc(C(O)C23Cc4cnn(-c5ccc(F)cc5)c4C=C2CCN(Sc2ccc(C(F)(F)F)cc2)C3)o1. The maximum atomic E-state index is 13.5. The summed E-state index contributed by atoms with van der Waals surface area (Å²) in [5, 5.41) is 24.2. The normalized spacial score (nSPS) is 20.3. The molecule has 2 aromatic carbocycles. The number of nitrogens with zero attached hydrogens (tertiary/aromatic N) is 5. The number of hydrogen-bond acceptors (Lipinski definition) is 7. The lowest BCUT2D eigenvalue weighted by Crippen LogP contribution is -2.48. The number of fused-ring (bicyclic) bond motifs is 2. The number of benzene rings is 2. The number of aliphatic hydroxyl groups excluding tert-OH is 1. The van der Waals surface area contributed by atoms with Gasteiger partial charge in [0.1, 0.15) is 11.9 Å². The highest BCUT2D eigenvalue weighted by molar-refractivity contribution is 7.97. The zero-order valence-corrected chi connectivity index (χ0v) is 21.5. The smallest absolute Gasteiger partial charge is 0.416 e. The van der Waals surface area contributed by atoms with Gasteiger partial charge in [0.2, 0.25) is 11.8 Å². The van der Waals surface area contributed by atoms with E-state index in [0.29, 0.717) is 42.4 Å². The molecule has 0 amide bonds. The van der Waals surface area contributed by atoms with Crippen molar-refractivity contribution in [2.24, 2.45) is 5.41 Å². The molecule has 12 heteroatoms. The first kappa shape index (κ1) is 25.8. The molecule has 202 valence electrons. The third-order valence-electron chi connectivity index (χ3n) is 7.22. The van der Waals surface area contributed by atoms with Gasteiger partial charge in [-0.2, -0.15) is 18.3 Å². The Morgan fingerprint density at radius 1 is 1.08 bits per heavy atom. The van der Waals surface area contributed by atoms with Crippen LogP contribution in [0.1, 0.15) is 41.1 Å². The summed E-state index contributed by atoms with van der Waals surface area (Å²) in [5.74, 6) is 0.0978. The van der Waals surface area contributed by atoms with Gasteiger partial charge < -0.3 is 9.52 Å². The van der Waals surface area contributed by atoms with Crippen LogP contribution in [0.5, 0.6) is 0 Å². The van der Waals surface area contributed by atoms with Crippen LogP contribution in [0, 0.1) is 18.2 Å². The molecule has 2 unspecified atom stereocenters. The van der Waals surface area contributed by atoms with E-state index in [0.717, 1.165) is 29.0 Å². The van der Waals surface area contributed by atoms with Gasteiger partial charge in [0.25, 0.3) is 0 Å². The Balaban J connectivity index is 1.34. The molecule has 1 saturated heterocycles. The molecule has 1 N–H and O–H groups in total. The van der Waals surface area contributed by atoms with Crippen molar-refractivity contribution in [1.29, 1.82) is 0 Å². The molecule has 0 radical (unpaired) electrons. The molecule has 0 bridgehead atoms. The fourth-order valence-electron chi connectivity index (χ4n) is 5.30. The van der Waals surface area contributed by atoms with E-state index in [1.807, 2.05) is 10.4 Å². The number of aromatic nitrogens is 4. The van der Waals surface area contributed by atoms with Crippen molar-refractivity contribution in [3.63, 3.8) is 0 Å². The zero-order chi connectivity index (χ0) is 27.4. The van der Waals surface area contributed by atoms with Gasteiger partial charge in [-0.05, 0) is 85.0 Å². The molecule has 1 fully saturated rings. The average Bonchev–Trinajstić information content (AvgIpc) is 3.53. The van der Waals surface area contributed by atoms with Gasteiger partial charge in [0.05, 0.1) is 23.1 Å². The molecular weight excluding hydrogens is 534 g/mol. The van der Waals surface area contributed by atoms with Gasteiger partial charge >= 0.3 is 6.18 Å². The van der Waals surface area contributed by atoms with E-state index < -0.39 is 23.3 Å². The largest absolute Gasteiger partial charge is 0.423 e. The quantitative estimate of drug-likeness (QED) is 0.246. The van der Waals surface area contributed by atoms with E-state index in [9.17, 15) is 22.7 Å². The van der Waals surface area contributed by atoms with E-state index >= 15 is 0 Å². The van der Waals surface area contributed by atoms with E-state index in [4.69, 9.17) is 4.42 Å².